The Morgan fingerprint density at radius 1 is 1.06 bits per heavy atom. The minimum absolute atomic E-state index is 0.118. The van der Waals surface area contributed by atoms with E-state index in [9.17, 15) is 14.4 Å². The lowest BCUT2D eigenvalue weighted by Crippen LogP contribution is -2.61. The van der Waals surface area contributed by atoms with Crippen LogP contribution in [0.25, 0.3) is 11.1 Å². The summed E-state index contributed by atoms with van der Waals surface area (Å²) in [6.45, 7) is 2.23. The summed E-state index contributed by atoms with van der Waals surface area (Å²) in [5, 5.41) is 2.98. The van der Waals surface area contributed by atoms with E-state index in [2.05, 4.69) is 15.3 Å². The van der Waals surface area contributed by atoms with Gasteiger partial charge in [0.1, 0.15) is 11.1 Å². The van der Waals surface area contributed by atoms with Gasteiger partial charge < -0.3 is 9.73 Å². The number of oxazole rings is 1. The molecule has 4 rings (SSSR count). The van der Waals surface area contributed by atoms with Crippen molar-refractivity contribution < 1.29 is 18.8 Å². The molecule has 1 saturated carbocycles. The highest BCUT2D eigenvalue weighted by atomic mass is 16.4. The second-order valence-electron chi connectivity index (χ2n) is 8.44. The van der Waals surface area contributed by atoms with E-state index < -0.39 is 17.4 Å². The number of nitrogens with one attached hydrogen (secondary N) is 1. The van der Waals surface area contributed by atoms with Crippen LogP contribution in [0.2, 0.25) is 0 Å². The zero-order valence-corrected chi connectivity index (χ0v) is 18.8. The van der Waals surface area contributed by atoms with Gasteiger partial charge in [0, 0.05) is 24.5 Å². The first-order valence-electron chi connectivity index (χ1n) is 11.5. The average molecular weight is 449 g/mol. The highest BCUT2D eigenvalue weighted by Crippen LogP contribution is 2.31. The molecule has 8 nitrogen and oxygen atoms in total. The maximum atomic E-state index is 13.9. The molecule has 0 spiro atoms. The van der Waals surface area contributed by atoms with E-state index in [1.54, 1.807) is 30.3 Å². The molecule has 1 fully saturated rings. The van der Waals surface area contributed by atoms with Gasteiger partial charge in [-0.05, 0) is 43.5 Å². The Bertz CT molecular complexity index is 1100. The standard InChI is InChI=1S/C25H28N4O4/c1-2-3-17-29(23(31)22-27-19-9-5-6-10-20(19)33-22)24(32)25(13-7-4-8-14-25)28-21(30)18-11-15-26-16-12-18/h5-6,9-12,15-16H,2-4,7-8,13-14,17H2,1H3,(H,28,30). The Morgan fingerprint density at radius 2 is 1.79 bits per heavy atom. The van der Waals surface area contributed by atoms with Crippen molar-refractivity contribution in [2.75, 3.05) is 6.54 Å². The summed E-state index contributed by atoms with van der Waals surface area (Å²) >= 11 is 0. The number of nitrogens with zero attached hydrogens (tertiary/aromatic N) is 3. The maximum Gasteiger partial charge on any atom is 0.316 e. The van der Waals surface area contributed by atoms with Gasteiger partial charge in [-0.15, -0.1) is 0 Å². The summed E-state index contributed by atoms with van der Waals surface area (Å²) < 4.78 is 5.66. The number of hydrogen-bond acceptors (Lipinski definition) is 6. The molecule has 2 aromatic heterocycles. The SMILES string of the molecule is CCCCN(C(=O)c1nc2ccccc2o1)C(=O)C1(NC(=O)c2ccncc2)CCCCC1. The molecule has 2 heterocycles. The number of carbonyl (C=O) groups excluding carboxylic acids is 3. The van der Waals surface area contributed by atoms with Gasteiger partial charge in [-0.1, -0.05) is 44.7 Å². The van der Waals surface area contributed by atoms with Gasteiger partial charge in [0.15, 0.2) is 5.58 Å². The Hall–Kier alpha value is -3.55. The fourth-order valence-electron chi connectivity index (χ4n) is 4.29. The minimum atomic E-state index is -1.14. The molecule has 33 heavy (non-hydrogen) atoms. The Labute approximate surface area is 192 Å². The molecule has 0 radical (unpaired) electrons. The van der Waals surface area contributed by atoms with Gasteiger partial charge in [-0.3, -0.25) is 24.3 Å². The smallest absolute Gasteiger partial charge is 0.316 e. The van der Waals surface area contributed by atoms with Crippen molar-refractivity contribution in [3.05, 3.63) is 60.2 Å². The first kappa shape index (κ1) is 22.6. The van der Waals surface area contributed by atoms with E-state index in [0.29, 0.717) is 35.9 Å². The van der Waals surface area contributed by atoms with Gasteiger partial charge in [-0.2, -0.15) is 0 Å². The minimum Gasteiger partial charge on any atom is -0.432 e. The summed E-state index contributed by atoms with van der Waals surface area (Å²) in [7, 11) is 0. The molecular weight excluding hydrogens is 420 g/mol. The number of amides is 3. The van der Waals surface area contributed by atoms with Gasteiger partial charge >= 0.3 is 5.91 Å². The number of carbonyl (C=O) groups is 3. The number of benzene rings is 1. The zero-order valence-electron chi connectivity index (χ0n) is 18.8. The molecule has 8 heteroatoms. The van der Waals surface area contributed by atoms with Crippen LogP contribution in [0.15, 0.2) is 53.2 Å². The summed E-state index contributed by atoms with van der Waals surface area (Å²) in [6.07, 6.45) is 8.05. The molecule has 0 bridgehead atoms. The molecule has 0 aliphatic heterocycles. The fourth-order valence-corrected chi connectivity index (χ4v) is 4.29. The van der Waals surface area contributed by atoms with Crippen LogP contribution in [0.5, 0.6) is 0 Å². The third kappa shape index (κ3) is 4.79. The Kier molecular flexibility index (Phi) is 6.82. The quantitative estimate of drug-likeness (QED) is 0.545. The van der Waals surface area contributed by atoms with E-state index in [1.807, 2.05) is 13.0 Å². The maximum absolute atomic E-state index is 13.9. The van der Waals surface area contributed by atoms with Gasteiger partial charge in [-0.25, -0.2) is 4.98 Å². The number of imide groups is 1. The molecule has 1 aromatic carbocycles. The van der Waals surface area contributed by atoms with Gasteiger partial charge in [0.2, 0.25) is 0 Å². The van der Waals surface area contributed by atoms with E-state index in [4.69, 9.17) is 4.42 Å². The van der Waals surface area contributed by atoms with Crippen LogP contribution >= 0.6 is 0 Å². The van der Waals surface area contributed by atoms with Crippen molar-refractivity contribution in [1.82, 2.24) is 20.2 Å². The third-order valence-electron chi connectivity index (χ3n) is 6.11. The van der Waals surface area contributed by atoms with Crippen LogP contribution < -0.4 is 5.32 Å². The molecule has 3 aromatic rings. The number of pyridine rings is 1. The first-order chi connectivity index (χ1) is 16.0. The van der Waals surface area contributed by atoms with Crippen LogP contribution in [0.4, 0.5) is 0 Å². The molecule has 1 N–H and O–H groups in total. The molecule has 1 aliphatic carbocycles. The van der Waals surface area contributed by atoms with Crippen molar-refractivity contribution in [2.45, 2.75) is 57.4 Å². The Balaban J connectivity index is 1.65. The number of unbranched alkanes of at least 4 members (excludes halogenated alkanes) is 1. The van der Waals surface area contributed by atoms with Crippen LogP contribution in [-0.4, -0.2) is 44.7 Å². The average Bonchev–Trinajstić information content (AvgIpc) is 3.29. The van der Waals surface area contributed by atoms with Crippen LogP contribution in [0.3, 0.4) is 0 Å². The van der Waals surface area contributed by atoms with Crippen molar-refractivity contribution in [3.8, 4) is 0 Å². The zero-order chi connectivity index (χ0) is 23.3. The van der Waals surface area contributed by atoms with Gasteiger partial charge in [0.05, 0.1) is 0 Å². The normalized spacial score (nSPS) is 15.2. The van der Waals surface area contributed by atoms with Crippen LogP contribution in [0, 0.1) is 0 Å². The molecule has 0 atom stereocenters. The van der Waals surface area contributed by atoms with Crippen molar-refractivity contribution >= 4 is 28.8 Å². The van der Waals surface area contributed by atoms with E-state index >= 15 is 0 Å². The summed E-state index contributed by atoms with van der Waals surface area (Å²) in [6, 6.07) is 10.3. The predicted molar refractivity (Wildman–Crippen MR) is 122 cm³/mol. The molecule has 3 amide bonds. The Morgan fingerprint density at radius 3 is 2.48 bits per heavy atom. The van der Waals surface area contributed by atoms with E-state index in [1.165, 1.54) is 17.3 Å². The number of rotatable bonds is 7. The first-order valence-corrected chi connectivity index (χ1v) is 11.5. The largest absolute Gasteiger partial charge is 0.432 e. The number of aromatic nitrogens is 2. The predicted octanol–water partition coefficient (Wildman–Crippen LogP) is 4.12. The van der Waals surface area contributed by atoms with Crippen molar-refractivity contribution in [1.29, 1.82) is 0 Å². The highest BCUT2D eigenvalue weighted by molar-refractivity contribution is 6.08. The number of para-hydroxylation sites is 2. The van der Waals surface area contributed by atoms with Crippen molar-refractivity contribution in [3.63, 3.8) is 0 Å². The second-order valence-corrected chi connectivity index (χ2v) is 8.44. The molecular formula is C25H28N4O4. The monoisotopic (exact) mass is 448 g/mol. The molecule has 172 valence electrons. The van der Waals surface area contributed by atoms with Gasteiger partial charge in [0.25, 0.3) is 17.7 Å². The summed E-state index contributed by atoms with van der Waals surface area (Å²) in [4.78, 5) is 49.8. The summed E-state index contributed by atoms with van der Waals surface area (Å²) in [5.41, 5.74) is 0.325. The molecule has 1 aliphatic rings. The van der Waals surface area contributed by atoms with Crippen molar-refractivity contribution in [2.24, 2.45) is 0 Å². The molecule has 0 unspecified atom stereocenters. The highest BCUT2D eigenvalue weighted by Gasteiger charge is 2.45. The fraction of sp³-hybridized carbons (Fsp3) is 0.400. The lowest BCUT2D eigenvalue weighted by atomic mass is 9.80. The lowest BCUT2D eigenvalue weighted by molar-refractivity contribution is -0.137. The summed E-state index contributed by atoms with van der Waals surface area (Å²) in [5.74, 6) is -1.44. The topological polar surface area (TPSA) is 105 Å². The lowest BCUT2D eigenvalue weighted by Gasteiger charge is -2.39. The number of hydrogen-bond donors (Lipinski definition) is 1. The third-order valence-corrected chi connectivity index (χ3v) is 6.11. The van der Waals surface area contributed by atoms with Crippen LogP contribution in [-0.2, 0) is 4.79 Å². The number of fused-ring (bicyclic) bond motifs is 1. The second kappa shape index (κ2) is 9.94. The van der Waals surface area contributed by atoms with Crippen LogP contribution in [0.1, 0.15) is 72.9 Å². The molecule has 0 saturated heterocycles. The van der Waals surface area contributed by atoms with E-state index in [0.717, 1.165) is 25.7 Å². The van der Waals surface area contributed by atoms with E-state index in [-0.39, 0.29) is 18.3 Å².